The van der Waals surface area contributed by atoms with Crippen LogP contribution in [0.4, 0.5) is 5.69 Å². The molecule has 0 aromatic heterocycles. The third kappa shape index (κ3) is 1.29. The molecule has 1 aromatic carbocycles. The summed E-state index contributed by atoms with van der Waals surface area (Å²) in [6, 6.07) is 8.37. The van der Waals surface area contributed by atoms with Crippen molar-refractivity contribution in [3.63, 3.8) is 0 Å². The number of para-hydroxylation sites is 1. The lowest BCUT2D eigenvalue weighted by atomic mass is 9.72. The molecule has 0 spiro atoms. The van der Waals surface area contributed by atoms with Crippen LogP contribution in [0.1, 0.15) is 37.2 Å². The highest BCUT2D eigenvalue weighted by Crippen LogP contribution is 2.45. The summed E-state index contributed by atoms with van der Waals surface area (Å²) < 4.78 is 0. The van der Waals surface area contributed by atoms with Crippen LogP contribution in [0.5, 0.6) is 0 Å². The molecule has 1 amide bonds. The molecule has 0 unspecified atom stereocenters. The van der Waals surface area contributed by atoms with Crippen molar-refractivity contribution in [1.29, 1.82) is 0 Å². The van der Waals surface area contributed by atoms with Crippen LogP contribution >= 0.6 is 0 Å². The molecule has 3 rings (SSSR count). The Morgan fingerprint density at radius 2 is 1.81 bits per heavy atom. The maximum absolute atomic E-state index is 12.2. The highest BCUT2D eigenvalue weighted by Gasteiger charge is 2.39. The van der Waals surface area contributed by atoms with Gasteiger partial charge in [-0.05, 0) is 30.4 Å². The molecule has 2 atom stereocenters. The molecule has 2 aliphatic rings. The summed E-state index contributed by atoms with van der Waals surface area (Å²) in [6.45, 7) is 0. The first-order valence-electron chi connectivity index (χ1n) is 6.15. The Morgan fingerprint density at radius 3 is 2.62 bits per heavy atom. The van der Waals surface area contributed by atoms with E-state index in [-0.39, 0.29) is 5.92 Å². The highest BCUT2D eigenvalue weighted by molar-refractivity contribution is 5.98. The van der Waals surface area contributed by atoms with Crippen molar-refractivity contribution in [1.82, 2.24) is 0 Å². The minimum atomic E-state index is 0.244. The predicted octanol–water partition coefficient (Wildman–Crippen LogP) is 2.94. The van der Waals surface area contributed by atoms with Crippen molar-refractivity contribution in [2.45, 2.75) is 31.6 Å². The van der Waals surface area contributed by atoms with E-state index in [9.17, 15) is 4.79 Å². The summed E-state index contributed by atoms with van der Waals surface area (Å²) in [5, 5.41) is 0. The summed E-state index contributed by atoms with van der Waals surface area (Å²) in [7, 11) is 1.91. The van der Waals surface area contributed by atoms with E-state index in [0.29, 0.717) is 11.8 Å². The van der Waals surface area contributed by atoms with Crippen LogP contribution in [0.25, 0.3) is 0 Å². The monoisotopic (exact) mass is 215 g/mol. The topological polar surface area (TPSA) is 20.3 Å². The Bertz CT molecular complexity index is 426. The zero-order valence-corrected chi connectivity index (χ0v) is 9.65. The first-order chi connectivity index (χ1) is 7.79. The van der Waals surface area contributed by atoms with Crippen molar-refractivity contribution in [2.24, 2.45) is 5.92 Å². The summed E-state index contributed by atoms with van der Waals surface area (Å²) in [5.41, 5.74) is 2.50. The van der Waals surface area contributed by atoms with Crippen molar-refractivity contribution in [2.75, 3.05) is 11.9 Å². The lowest BCUT2D eigenvalue weighted by molar-refractivity contribution is -0.124. The van der Waals surface area contributed by atoms with E-state index in [1.54, 1.807) is 0 Å². The smallest absolute Gasteiger partial charge is 0.230 e. The number of fused-ring (bicyclic) bond motifs is 3. The van der Waals surface area contributed by atoms with Gasteiger partial charge < -0.3 is 4.90 Å². The predicted molar refractivity (Wildman–Crippen MR) is 64.6 cm³/mol. The molecule has 1 saturated carbocycles. The second kappa shape index (κ2) is 3.62. The first-order valence-corrected chi connectivity index (χ1v) is 6.15. The van der Waals surface area contributed by atoms with Gasteiger partial charge in [0.1, 0.15) is 0 Å². The Kier molecular flexibility index (Phi) is 2.23. The van der Waals surface area contributed by atoms with E-state index in [1.807, 2.05) is 18.0 Å². The highest BCUT2D eigenvalue weighted by atomic mass is 16.2. The second-order valence-electron chi connectivity index (χ2n) is 4.95. The van der Waals surface area contributed by atoms with E-state index in [1.165, 1.54) is 24.8 Å². The summed E-state index contributed by atoms with van der Waals surface area (Å²) in [4.78, 5) is 14.1. The van der Waals surface area contributed by atoms with Gasteiger partial charge in [-0.3, -0.25) is 4.79 Å². The van der Waals surface area contributed by atoms with E-state index in [4.69, 9.17) is 0 Å². The lowest BCUT2D eigenvalue weighted by Crippen LogP contribution is -2.42. The standard InChI is InChI=1S/C14H17NO/c1-15-13-9-5-4-7-11(13)10-6-2-3-8-12(10)14(15)16/h4-5,7,9-10,12H,2-3,6,8H2,1H3/t10-,12+/m0/s1. The number of carbonyl (C=O) groups excluding carboxylic acids is 1. The molecule has 16 heavy (non-hydrogen) atoms. The molecular weight excluding hydrogens is 198 g/mol. The Labute approximate surface area is 96.3 Å². The van der Waals surface area contributed by atoms with Crippen LogP contribution in [0.3, 0.4) is 0 Å². The zero-order valence-electron chi connectivity index (χ0n) is 9.65. The third-order valence-electron chi connectivity index (χ3n) is 4.11. The van der Waals surface area contributed by atoms with E-state index in [2.05, 4.69) is 18.2 Å². The molecule has 0 bridgehead atoms. The largest absolute Gasteiger partial charge is 0.315 e. The second-order valence-corrected chi connectivity index (χ2v) is 4.95. The van der Waals surface area contributed by atoms with Gasteiger partial charge in [-0.1, -0.05) is 31.0 Å². The number of hydrogen-bond donors (Lipinski definition) is 0. The normalized spacial score (nSPS) is 28.6. The van der Waals surface area contributed by atoms with Crippen LogP contribution in [0.15, 0.2) is 24.3 Å². The van der Waals surface area contributed by atoms with Gasteiger partial charge in [-0.15, -0.1) is 0 Å². The van der Waals surface area contributed by atoms with Crippen LogP contribution in [0, 0.1) is 5.92 Å². The average molecular weight is 215 g/mol. The van der Waals surface area contributed by atoms with Gasteiger partial charge in [0.05, 0.1) is 0 Å². The summed E-state index contributed by atoms with van der Waals surface area (Å²) in [6.07, 6.45) is 4.73. The van der Waals surface area contributed by atoms with Gasteiger partial charge >= 0.3 is 0 Å². The number of rotatable bonds is 0. The minimum Gasteiger partial charge on any atom is -0.315 e. The molecule has 1 aliphatic carbocycles. The fourth-order valence-corrected chi connectivity index (χ4v) is 3.27. The molecule has 1 fully saturated rings. The van der Waals surface area contributed by atoms with Gasteiger partial charge in [0.25, 0.3) is 0 Å². The maximum Gasteiger partial charge on any atom is 0.230 e. The molecule has 84 valence electrons. The molecule has 1 heterocycles. The molecule has 0 N–H and O–H groups in total. The van der Waals surface area contributed by atoms with Crippen molar-refractivity contribution in [3.05, 3.63) is 29.8 Å². The molecule has 0 saturated heterocycles. The van der Waals surface area contributed by atoms with Gasteiger partial charge in [0.2, 0.25) is 5.91 Å². The van der Waals surface area contributed by atoms with Gasteiger partial charge in [0.15, 0.2) is 0 Å². The van der Waals surface area contributed by atoms with Gasteiger partial charge in [-0.25, -0.2) is 0 Å². The minimum absolute atomic E-state index is 0.244. The lowest BCUT2D eigenvalue weighted by Gasteiger charge is -2.40. The molecule has 1 aliphatic heterocycles. The SMILES string of the molecule is CN1C(=O)[C@@H]2CCCC[C@H]2c2ccccc21. The quantitative estimate of drug-likeness (QED) is 0.651. The number of anilines is 1. The van der Waals surface area contributed by atoms with Gasteiger partial charge in [0, 0.05) is 18.7 Å². The molecule has 1 aromatic rings. The van der Waals surface area contributed by atoms with Crippen LogP contribution < -0.4 is 4.90 Å². The fraction of sp³-hybridized carbons (Fsp3) is 0.500. The third-order valence-corrected chi connectivity index (χ3v) is 4.11. The Balaban J connectivity index is 2.11. The van der Waals surface area contributed by atoms with Crippen LogP contribution in [0.2, 0.25) is 0 Å². The average Bonchev–Trinajstić information content (AvgIpc) is 2.36. The number of hydrogen-bond acceptors (Lipinski definition) is 1. The number of carbonyl (C=O) groups is 1. The summed E-state index contributed by atoms with van der Waals surface area (Å²) >= 11 is 0. The van der Waals surface area contributed by atoms with Crippen molar-refractivity contribution >= 4 is 11.6 Å². The Hall–Kier alpha value is -1.31. The molecular formula is C14H17NO. The van der Waals surface area contributed by atoms with E-state index < -0.39 is 0 Å². The molecule has 0 radical (unpaired) electrons. The maximum atomic E-state index is 12.2. The zero-order chi connectivity index (χ0) is 11.1. The van der Waals surface area contributed by atoms with Crippen molar-refractivity contribution in [3.8, 4) is 0 Å². The summed E-state index contributed by atoms with van der Waals surface area (Å²) in [5.74, 6) is 1.05. The van der Waals surface area contributed by atoms with Crippen molar-refractivity contribution < 1.29 is 4.79 Å². The molecule has 2 nitrogen and oxygen atoms in total. The van der Waals surface area contributed by atoms with E-state index >= 15 is 0 Å². The number of amides is 1. The fourth-order valence-electron chi connectivity index (χ4n) is 3.27. The Morgan fingerprint density at radius 1 is 1.12 bits per heavy atom. The number of nitrogens with zero attached hydrogens (tertiary/aromatic N) is 1. The molecule has 2 heteroatoms. The van der Waals surface area contributed by atoms with Gasteiger partial charge in [-0.2, -0.15) is 0 Å². The van der Waals surface area contributed by atoms with Crippen LogP contribution in [-0.2, 0) is 4.79 Å². The number of benzene rings is 1. The van der Waals surface area contributed by atoms with Crippen LogP contribution in [-0.4, -0.2) is 13.0 Å². The first kappa shape index (κ1) is 9.88. The van der Waals surface area contributed by atoms with E-state index in [0.717, 1.165) is 12.1 Å².